The van der Waals surface area contributed by atoms with Crippen molar-refractivity contribution in [2.45, 2.75) is 6.92 Å². The molecule has 8 heteroatoms. The van der Waals surface area contributed by atoms with Crippen molar-refractivity contribution in [2.24, 2.45) is 0 Å². The van der Waals surface area contributed by atoms with Crippen molar-refractivity contribution in [3.63, 3.8) is 0 Å². The standard InChI is InChI=1S/C23H19ClN2O4S/c1-13-17(24)6-4-7-18(13)26-22(27)20(19-8-5-9-31-19)21(23(26)28)25-14-10-15(29-2)12-16(11-14)30-3/h4-12,25H,1-3H3. The van der Waals surface area contributed by atoms with Gasteiger partial charge in [-0.2, -0.15) is 0 Å². The molecule has 2 heterocycles. The highest BCUT2D eigenvalue weighted by molar-refractivity contribution is 7.11. The van der Waals surface area contributed by atoms with Crippen molar-refractivity contribution < 1.29 is 19.1 Å². The van der Waals surface area contributed by atoms with E-state index in [1.165, 1.54) is 11.3 Å². The van der Waals surface area contributed by atoms with Crippen LogP contribution in [-0.4, -0.2) is 26.0 Å². The van der Waals surface area contributed by atoms with Crippen LogP contribution in [0.1, 0.15) is 10.4 Å². The Hall–Kier alpha value is -3.29. The van der Waals surface area contributed by atoms with Crippen LogP contribution in [-0.2, 0) is 9.59 Å². The SMILES string of the molecule is COc1cc(NC2=C(c3cccs3)C(=O)N(c3cccc(Cl)c3C)C2=O)cc(OC)c1. The number of thiophene rings is 1. The van der Waals surface area contributed by atoms with Gasteiger partial charge in [0.25, 0.3) is 11.8 Å². The number of nitrogens with zero attached hydrogens (tertiary/aromatic N) is 1. The third kappa shape index (κ3) is 3.78. The van der Waals surface area contributed by atoms with Crippen LogP contribution >= 0.6 is 22.9 Å². The Morgan fingerprint density at radius 2 is 1.68 bits per heavy atom. The van der Waals surface area contributed by atoms with Gasteiger partial charge in [-0.3, -0.25) is 9.59 Å². The van der Waals surface area contributed by atoms with Gasteiger partial charge in [-0.05, 0) is 36.1 Å². The molecule has 1 aliphatic rings. The molecule has 31 heavy (non-hydrogen) atoms. The van der Waals surface area contributed by atoms with Crippen LogP contribution in [0.15, 0.2) is 59.6 Å². The molecular weight excluding hydrogens is 436 g/mol. The third-order valence-electron chi connectivity index (χ3n) is 4.95. The summed E-state index contributed by atoms with van der Waals surface area (Å²) in [4.78, 5) is 28.8. The van der Waals surface area contributed by atoms with E-state index in [1.807, 2.05) is 17.5 Å². The van der Waals surface area contributed by atoms with Gasteiger partial charge in [-0.15, -0.1) is 11.3 Å². The number of halogens is 1. The topological polar surface area (TPSA) is 67.9 Å². The van der Waals surface area contributed by atoms with E-state index in [0.29, 0.717) is 43.9 Å². The average molecular weight is 455 g/mol. The van der Waals surface area contributed by atoms with Crippen molar-refractivity contribution in [3.05, 3.63) is 75.1 Å². The maximum Gasteiger partial charge on any atom is 0.282 e. The highest BCUT2D eigenvalue weighted by Gasteiger charge is 2.41. The van der Waals surface area contributed by atoms with Crippen LogP contribution in [0.2, 0.25) is 5.02 Å². The molecule has 1 aromatic heterocycles. The van der Waals surface area contributed by atoms with Crippen LogP contribution in [0.4, 0.5) is 11.4 Å². The molecule has 1 aliphatic heterocycles. The summed E-state index contributed by atoms with van der Waals surface area (Å²) in [6.45, 7) is 1.78. The van der Waals surface area contributed by atoms with Gasteiger partial charge in [0.1, 0.15) is 17.2 Å². The zero-order valence-corrected chi connectivity index (χ0v) is 18.6. The van der Waals surface area contributed by atoms with E-state index >= 15 is 0 Å². The van der Waals surface area contributed by atoms with Crippen molar-refractivity contribution in [1.82, 2.24) is 0 Å². The Labute approximate surface area is 188 Å². The van der Waals surface area contributed by atoms with Crippen molar-refractivity contribution >= 4 is 51.7 Å². The van der Waals surface area contributed by atoms with Crippen molar-refractivity contribution in [1.29, 1.82) is 0 Å². The number of hydrogen-bond acceptors (Lipinski definition) is 6. The number of carbonyl (C=O) groups excluding carboxylic acids is 2. The van der Waals surface area contributed by atoms with Crippen molar-refractivity contribution in [2.75, 3.05) is 24.4 Å². The lowest BCUT2D eigenvalue weighted by Gasteiger charge is -2.18. The molecule has 6 nitrogen and oxygen atoms in total. The van der Waals surface area contributed by atoms with Gasteiger partial charge in [0.15, 0.2) is 0 Å². The summed E-state index contributed by atoms with van der Waals surface area (Å²) in [7, 11) is 3.09. The number of imide groups is 1. The van der Waals surface area contributed by atoms with E-state index < -0.39 is 11.8 Å². The predicted octanol–water partition coefficient (Wildman–Crippen LogP) is 5.12. The van der Waals surface area contributed by atoms with Gasteiger partial charge < -0.3 is 14.8 Å². The molecule has 0 atom stereocenters. The molecular formula is C23H19ClN2O4S. The fourth-order valence-corrected chi connectivity index (χ4v) is 4.31. The Bertz CT molecular complexity index is 1180. The number of carbonyl (C=O) groups is 2. The molecule has 0 aliphatic carbocycles. The van der Waals surface area contributed by atoms with Gasteiger partial charge >= 0.3 is 0 Å². The average Bonchev–Trinajstić information content (AvgIpc) is 3.37. The fourth-order valence-electron chi connectivity index (χ4n) is 3.38. The molecule has 0 bridgehead atoms. The summed E-state index contributed by atoms with van der Waals surface area (Å²) in [5.41, 5.74) is 2.16. The first kappa shape index (κ1) is 21.0. The lowest BCUT2D eigenvalue weighted by Crippen LogP contribution is -2.33. The normalized spacial score (nSPS) is 13.7. The number of ether oxygens (including phenoxy) is 2. The second-order valence-electron chi connectivity index (χ2n) is 6.78. The number of amides is 2. The summed E-state index contributed by atoms with van der Waals surface area (Å²) in [6.07, 6.45) is 0. The summed E-state index contributed by atoms with van der Waals surface area (Å²) >= 11 is 7.64. The van der Waals surface area contributed by atoms with E-state index in [-0.39, 0.29) is 5.70 Å². The van der Waals surface area contributed by atoms with Gasteiger partial charge in [0, 0.05) is 33.8 Å². The summed E-state index contributed by atoms with van der Waals surface area (Å²) in [5.74, 6) is 0.245. The zero-order valence-electron chi connectivity index (χ0n) is 17.1. The first-order valence-corrected chi connectivity index (χ1v) is 10.6. The number of methoxy groups -OCH3 is 2. The molecule has 1 N–H and O–H groups in total. The van der Waals surface area contributed by atoms with Gasteiger partial charge in [0.05, 0.1) is 25.5 Å². The predicted molar refractivity (Wildman–Crippen MR) is 123 cm³/mol. The maximum absolute atomic E-state index is 13.5. The molecule has 0 spiro atoms. The Morgan fingerprint density at radius 1 is 0.968 bits per heavy atom. The van der Waals surface area contributed by atoms with E-state index in [9.17, 15) is 9.59 Å². The summed E-state index contributed by atoms with van der Waals surface area (Å²) < 4.78 is 10.6. The van der Waals surface area contributed by atoms with E-state index in [2.05, 4.69) is 5.32 Å². The van der Waals surface area contributed by atoms with Gasteiger partial charge in [-0.25, -0.2) is 4.90 Å². The lowest BCUT2D eigenvalue weighted by molar-refractivity contribution is -0.120. The number of hydrogen-bond donors (Lipinski definition) is 1. The smallest absolute Gasteiger partial charge is 0.282 e. The minimum Gasteiger partial charge on any atom is -0.497 e. The molecule has 0 saturated carbocycles. The minimum absolute atomic E-state index is 0.183. The number of rotatable bonds is 6. The van der Waals surface area contributed by atoms with Crippen LogP contribution in [0.3, 0.4) is 0 Å². The Balaban J connectivity index is 1.83. The first-order valence-electron chi connectivity index (χ1n) is 9.36. The van der Waals surface area contributed by atoms with E-state index in [0.717, 1.165) is 4.90 Å². The van der Waals surface area contributed by atoms with Crippen LogP contribution in [0.5, 0.6) is 11.5 Å². The quantitative estimate of drug-likeness (QED) is 0.523. The highest BCUT2D eigenvalue weighted by atomic mass is 35.5. The third-order valence-corrected chi connectivity index (χ3v) is 6.25. The molecule has 0 fully saturated rings. The highest BCUT2D eigenvalue weighted by Crippen LogP contribution is 2.38. The molecule has 158 valence electrons. The molecule has 3 aromatic rings. The fraction of sp³-hybridized carbons (Fsp3) is 0.130. The van der Waals surface area contributed by atoms with Crippen molar-refractivity contribution in [3.8, 4) is 11.5 Å². The Kier molecular flexibility index (Phi) is 5.71. The second kappa shape index (κ2) is 8.45. The summed E-state index contributed by atoms with van der Waals surface area (Å²) in [5, 5.41) is 5.47. The summed E-state index contributed by atoms with van der Waals surface area (Å²) in [6, 6.07) is 14.0. The number of nitrogens with one attached hydrogen (secondary N) is 1. The van der Waals surface area contributed by atoms with Crippen LogP contribution in [0, 0.1) is 6.92 Å². The van der Waals surface area contributed by atoms with Crippen LogP contribution in [0.25, 0.3) is 5.57 Å². The second-order valence-corrected chi connectivity index (χ2v) is 8.14. The first-order chi connectivity index (χ1) is 14.9. The van der Waals surface area contributed by atoms with Gasteiger partial charge in [0.2, 0.25) is 0 Å². The largest absolute Gasteiger partial charge is 0.497 e. The lowest BCUT2D eigenvalue weighted by atomic mass is 10.1. The number of anilines is 2. The maximum atomic E-state index is 13.5. The van der Waals surface area contributed by atoms with E-state index in [1.54, 1.807) is 57.5 Å². The molecule has 0 unspecified atom stereocenters. The molecule has 0 saturated heterocycles. The van der Waals surface area contributed by atoms with E-state index in [4.69, 9.17) is 21.1 Å². The zero-order chi connectivity index (χ0) is 22.1. The molecule has 0 radical (unpaired) electrons. The molecule has 4 rings (SSSR count). The molecule has 2 aromatic carbocycles. The molecule has 2 amide bonds. The van der Waals surface area contributed by atoms with Crippen LogP contribution < -0.4 is 19.7 Å². The Morgan fingerprint density at radius 3 is 2.29 bits per heavy atom. The number of benzene rings is 2. The monoisotopic (exact) mass is 454 g/mol. The minimum atomic E-state index is -0.458. The van der Waals surface area contributed by atoms with Gasteiger partial charge in [-0.1, -0.05) is 23.7 Å².